The van der Waals surface area contributed by atoms with Gasteiger partial charge in [-0.25, -0.2) is 4.79 Å². The fourth-order valence-corrected chi connectivity index (χ4v) is 3.06. The lowest BCUT2D eigenvalue weighted by atomic mass is 10.1. The molecule has 1 saturated heterocycles. The van der Waals surface area contributed by atoms with E-state index in [0.29, 0.717) is 12.2 Å². The average molecular weight is 239 g/mol. The van der Waals surface area contributed by atoms with E-state index < -0.39 is 5.97 Å². The van der Waals surface area contributed by atoms with E-state index in [1.807, 2.05) is 19.1 Å². The number of β-lactam (4-membered cyclic amide) rings is 1. The SMILES string of the molecule is CC/C=C/C1=C(C(=O)O)N2C(=O)C[C@H]2SC1. The average Bonchev–Trinajstić information content (AvgIpc) is 2.24. The van der Waals surface area contributed by atoms with Gasteiger partial charge >= 0.3 is 5.97 Å². The van der Waals surface area contributed by atoms with E-state index in [1.165, 1.54) is 4.90 Å². The van der Waals surface area contributed by atoms with Crippen LogP contribution in [-0.2, 0) is 9.59 Å². The second kappa shape index (κ2) is 4.33. The molecule has 1 N–H and O–H groups in total. The highest BCUT2D eigenvalue weighted by atomic mass is 32.2. The lowest BCUT2D eigenvalue weighted by Crippen LogP contribution is -2.53. The summed E-state index contributed by atoms with van der Waals surface area (Å²) in [6, 6.07) is 0. The molecule has 2 aliphatic rings. The van der Waals surface area contributed by atoms with Crippen LogP contribution in [0.4, 0.5) is 0 Å². The first-order valence-electron chi connectivity index (χ1n) is 5.21. The maximum atomic E-state index is 11.4. The Morgan fingerprint density at radius 3 is 3.00 bits per heavy atom. The standard InChI is InChI=1S/C11H13NO3S/c1-2-3-4-7-6-16-9-5-8(13)12(9)10(7)11(14)15/h3-4,9H,2,5-6H2,1H3,(H,14,15)/b4-3+/t9-/m1/s1. The summed E-state index contributed by atoms with van der Waals surface area (Å²) in [5, 5.41) is 9.19. The molecule has 1 amide bonds. The summed E-state index contributed by atoms with van der Waals surface area (Å²) in [4.78, 5) is 24.0. The summed E-state index contributed by atoms with van der Waals surface area (Å²) in [6.45, 7) is 1.99. The van der Waals surface area contributed by atoms with Gasteiger partial charge in [-0.1, -0.05) is 19.1 Å². The van der Waals surface area contributed by atoms with Crippen LogP contribution in [0.15, 0.2) is 23.4 Å². The van der Waals surface area contributed by atoms with Crippen molar-refractivity contribution in [2.24, 2.45) is 0 Å². The molecule has 0 spiro atoms. The molecule has 4 nitrogen and oxygen atoms in total. The highest BCUT2D eigenvalue weighted by Gasteiger charge is 2.44. The van der Waals surface area contributed by atoms with Crippen molar-refractivity contribution in [1.29, 1.82) is 0 Å². The highest BCUT2D eigenvalue weighted by molar-refractivity contribution is 8.00. The lowest BCUT2D eigenvalue weighted by molar-refractivity contribution is -0.146. The zero-order valence-corrected chi connectivity index (χ0v) is 9.79. The first-order valence-corrected chi connectivity index (χ1v) is 6.26. The summed E-state index contributed by atoms with van der Waals surface area (Å²) >= 11 is 1.63. The molecule has 0 saturated carbocycles. The maximum Gasteiger partial charge on any atom is 0.352 e. The molecule has 0 unspecified atom stereocenters. The van der Waals surface area contributed by atoms with Crippen molar-refractivity contribution in [2.45, 2.75) is 25.1 Å². The number of nitrogens with zero attached hydrogens (tertiary/aromatic N) is 1. The van der Waals surface area contributed by atoms with E-state index >= 15 is 0 Å². The fourth-order valence-electron chi connectivity index (χ4n) is 1.83. The maximum absolute atomic E-state index is 11.4. The second-order valence-corrected chi connectivity index (χ2v) is 4.89. The molecule has 5 heteroatoms. The zero-order valence-electron chi connectivity index (χ0n) is 8.97. The molecule has 0 bridgehead atoms. The molecule has 0 aromatic carbocycles. The number of hydrogen-bond donors (Lipinski definition) is 1. The molecule has 1 fully saturated rings. The predicted octanol–water partition coefficient (Wildman–Crippen LogP) is 1.60. The van der Waals surface area contributed by atoms with Crippen molar-refractivity contribution in [3.63, 3.8) is 0 Å². The van der Waals surface area contributed by atoms with Crippen LogP contribution in [0.2, 0.25) is 0 Å². The second-order valence-electron chi connectivity index (χ2n) is 3.72. The summed E-state index contributed by atoms with van der Waals surface area (Å²) < 4.78 is 0. The number of hydrogen-bond acceptors (Lipinski definition) is 3. The molecule has 2 heterocycles. The van der Waals surface area contributed by atoms with Crippen molar-refractivity contribution in [3.05, 3.63) is 23.4 Å². The van der Waals surface area contributed by atoms with Gasteiger partial charge in [0, 0.05) is 5.75 Å². The molecule has 0 aliphatic carbocycles. The van der Waals surface area contributed by atoms with Crippen molar-refractivity contribution >= 4 is 23.6 Å². The summed E-state index contributed by atoms with van der Waals surface area (Å²) in [5.74, 6) is -0.418. The quantitative estimate of drug-likeness (QED) is 0.760. The molecule has 2 rings (SSSR count). The molecule has 16 heavy (non-hydrogen) atoms. The van der Waals surface area contributed by atoms with Gasteiger partial charge in [-0.2, -0.15) is 0 Å². The smallest absolute Gasteiger partial charge is 0.352 e. The van der Waals surface area contributed by atoms with Gasteiger partial charge in [0.15, 0.2) is 0 Å². The Bertz CT molecular complexity index is 400. The van der Waals surface area contributed by atoms with Crippen LogP contribution in [-0.4, -0.2) is 33.0 Å². The van der Waals surface area contributed by atoms with Crippen molar-refractivity contribution in [1.82, 2.24) is 4.90 Å². The van der Waals surface area contributed by atoms with Gasteiger partial charge in [-0.3, -0.25) is 9.69 Å². The Balaban J connectivity index is 2.35. The topological polar surface area (TPSA) is 57.6 Å². The van der Waals surface area contributed by atoms with Gasteiger partial charge in [0.05, 0.1) is 11.8 Å². The van der Waals surface area contributed by atoms with Crippen LogP contribution in [0.25, 0.3) is 0 Å². The normalized spacial score (nSPS) is 24.7. The number of carbonyl (C=O) groups is 2. The number of aliphatic carboxylic acids is 1. The Morgan fingerprint density at radius 2 is 2.44 bits per heavy atom. The third-order valence-corrected chi connectivity index (χ3v) is 3.88. The van der Waals surface area contributed by atoms with Crippen LogP contribution >= 0.6 is 11.8 Å². The molecule has 0 aromatic rings. The minimum atomic E-state index is -1.01. The van der Waals surface area contributed by atoms with E-state index in [9.17, 15) is 9.59 Å². The van der Waals surface area contributed by atoms with Crippen LogP contribution in [0.5, 0.6) is 0 Å². The highest BCUT2D eigenvalue weighted by Crippen LogP contribution is 2.40. The third-order valence-electron chi connectivity index (χ3n) is 2.64. The molecule has 1 atom stereocenters. The number of carboxylic acid groups (broad SMARTS) is 1. The lowest BCUT2D eigenvalue weighted by Gasteiger charge is -2.43. The molecule has 86 valence electrons. The first kappa shape index (κ1) is 11.3. The number of allylic oxidation sites excluding steroid dienone is 2. The van der Waals surface area contributed by atoms with Gasteiger partial charge < -0.3 is 5.11 Å². The number of fused-ring (bicyclic) bond motifs is 1. The molecular formula is C11H13NO3S. The van der Waals surface area contributed by atoms with Gasteiger partial charge in [0.25, 0.3) is 0 Å². The van der Waals surface area contributed by atoms with E-state index in [1.54, 1.807) is 11.8 Å². The Morgan fingerprint density at radius 1 is 1.69 bits per heavy atom. The molecular weight excluding hydrogens is 226 g/mol. The monoisotopic (exact) mass is 239 g/mol. The largest absolute Gasteiger partial charge is 0.477 e. The molecule has 0 radical (unpaired) electrons. The van der Waals surface area contributed by atoms with Crippen molar-refractivity contribution < 1.29 is 14.7 Å². The molecule has 2 aliphatic heterocycles. The van der Waals surface area contributed by atoms with E-state index in [0.717, 1.165) is 12.0 Å². The number of rotatable bonds is 3. The van der Waals surface area contributed by atoms with Crippen LogP contribution in [0, 0.1) is 0 Å². The van der Waals surface area contributed by atoms with E-state index in [4.69, 9.17) is 5.11 Å². The van der Waals surface area contributed by atoms with E-state index in [-0.39, 0.29) is 17.0 Å². The zero-order chi connectivity index (χ0) is 11.7. The van der Waals surface area contributed by atoms with Gasteiger partial charge in [0.1, 0.15) is 5.70 Å². The Labute approximate surface area is 98.0 Å². The van der Waals surface area contributed by atoms with E-state index in [2.05, 4.69) is 0 Å². The minimum absolute atomic E-state index is 0.0392. The predicted molar refractivity (Wildman–Crippen MR) is 61.8 cm³/mol. The summed E-state index contributed by atoms with van der Waals surface area (Å²) in [7, 11) is 0. The number of carboxylic acids is 1. The molecule has 0 aromatic heterocycles. The summed E-state index contributed by atoms with van der Waals surface area (Å²) in [6.07, 6.45) is 5.06. The van der Waals surface area contributed by atoms with Gasteiger partial charge in [-0.15, -0.1) is 11.8 Å². The van der Waals surface area contributed by atoms with Crippen molar-refractivity contribution in [3.8, 4) is 0 Å². The number of thioether (sulfide) groups is 1. The van der Waals surface area contributed by atoms with Crippen molar-refractivity contribution in [2.75, 3.05) is 5.75 Å². The Hall–Kier alpha value is -1.23. The summed E-state index contributed by atoms with van der Waals surface area (Å²) in [5.41, 5.74) is 0.911. The minimum Gasteiger partial charge on any atom is -0.477 e. The first-order chi connectivity index (χ1) is 7.65. The Kier molecular flexibility index (Phi) is 3.05. The number of carbonyl (C=O) groups excluding carboxylic acids is 1. The van der Waals surface area contributed by atoms with Crippen LogP contribution in [0.3, 0.4) is 0 Å². The van der Waals surface area contributed by atoms with Gasteiger partial charge in [-0.05, 0) is 12.0 Å². The fraction of sp³-hybridized carbons (Fsp3) is 0.455. The van der Waals surface area contributed by atoms with Crippen LogP contribution < -0.4 is 0 Å². The van der Waals surface area contributed by atoms with Crippen LogP contribution in [0.1, 0.15) is 19.8 Å². The van der Waals surface area contributed by atoms with Gasteiger partial charge in [0.2, 0.25) is 5.91 Å². The third kappa shape index (κ3) is 1.75. The number of amides is 1.